The molecule has 18 rings (SSSR count). The van der Waals surface area contributed by atoms with E-state index in [4.69, 9.17) is 0 Å². The van der Waals surface area contributed by atoms with Crippen molar-refractivity contribution in [3.8, 4) is 78.1 Å². The zero-order valence-electron chi connectivity index (χ0n) is 55.7. The second kappa shape index (κ2) is 29.2. The van der Waals surface area contributed by atoms with Crippen molar-refractivity contribution in [2.75, 3.05) is 4.90 Å². The van der Waals surface area contributed by atoms with E-state index in [0.717, 1.165) is 33.6 Å². The van der Waals surface area contributed by atoms with Gasteiger partial charge in [-0.15, -0.1) is 0 Å². The van der Waals surface area contributed by atoms with Gasteiger partial charge in [0.1, 0.15) is 0 Å². The molecule has 0 atom stereocenters. The maximum absolute atomic E-state index is 3.50. The number of fused-ring (bicyclic) bond motifs is 6. The van der Waals surface area contributed by atoms with E-state index in [-0.39, 0.29) is 0 Å². The smallest absolute Gasteiger partial charge is 0.0541 e. The van der Waals surface area contributed by atoms with Gasteiger partial charge in [0.2, 0.25) is 0 Å². The summed E-state index contributed by atoms with van der Waals surface area (Å²) in [5.74, 6) is 0. The Morgan fingerprint density at radius 3 is 0.644 bits per heavy atom. The Kier molecular flexibility index (Phi) is 18.3. The van der Waals surface area contributed by atoms with Crippen LogP contribution >= 0.6 is 15.9 Å². The van der Waals surface area contributed by atoms with Gasteiger partial charge in [-0.1, -0.05) is 331 Å². The number of halogens is 1. The largest absolute Gasteiger partial charge is 0.311 e. The van der Waals surface area contributed by atoms with Gasteiger partial charge in [-0.2, -0.15) is 0 Å². The van der Waals surface area contributed by atoms with Gasteiger partial charge in [0, 0.05) is 54.5 Å². The molecule has 0 spiro atoms. The fraction of sp³-hybridized carbons (Fsp3) is 0.0103. The summed E-state index contributed by atoms with van der Waals surface area (Å²) in [4.78, 5) is 2.33. The van der Waals surface area contributed by atoms with Gasteiger partial charge in [0.05, 0.1) is 22.1 Å². The average molecular weight is 1360 g/mol. The first-order valence-corrected chi connectivity index (χ1v) is 35.2. The minimum atomic E-state index is 0.962. The third-order valence-corrected chi connectivity index (χ3v) is 19.6. The molecule has 2 aromatic heterocycles. The van der Waals surface area contributed by atoms with Crippen molar-refractivity contribution in [3.05, 3.63) is 428 Å². The summed E-state index contributed by atoms with van der Waals surface area (Å²) in [6.07, 6.45) is 0.962. The van der Waals surface area contributed by atoms with E-state index in [9.17, 15) is 0 Å². The molecule has 2 heterocycles. The number of hydrogen-bond acceptors (Lipinski definition) is 1. The summed E-state index contributed by atoms with van der Waals surface area (Å²) < 4.78 is 5.81. The second-order valence-electron chi connectivity index (χ2n) is 25.4. The van der Waals surface area contributed by atoms with E-state index >= 15 is 0 Å². The van der Waals surface area contributed by atoms with Crippen LogP contribution in [0.2, 0.25) is 0 Å². The van der Waals surface area contributed by atoms with Crippen molar-refractivity contribution >= 4 is 76.6 Å². The van der Waals surface area contributed by atoms with Crippen molar-refractivity contribution in [2.45, 2.75) is 6.42 Å². The number of nitrogens with zero attached hydrogens (tertiary/aromatic N) is 3. The van der Waals surface area contributed by atoms with Crippen LogP contribution in [-0.2, 0) is 6.42 Å². The van der Waals surface area contributed by atoms with E-state index in [1.165, 1.54) is 127 Å². The topological polar surface area (TPSA) is 13.1 Å². The lowest BCUT2D eigenvalue weighted by Gasteiger charge is -2.26. The molecule has 0 amide bonds. The summed E-state index contributed by atoms with van der Waals surface area (Å²) in [5.41, 5.74) is 28.0. The summed E-state index contributed by atoms with van der Waals surface area (Å²) in [6.45, 7) is 0. The van der Waals surface area contributed by atoms with Crippen molar-refractivity contribution in [2.24, 2.45) is 0 Å². The SMILES string of the molecule is Brc1ccc(-c2ccc(-n3c4ccccc4c4ccccc43)cc2)cc1.c1ccc(-c2ccc(Cc3ccc(-c4ccccc4)cc3)cc2)cc1.c1ccc(-c2ccc(N(c3ccc(-c4ccccc4)cc3)c3ccc(-c4ccc(-n5c6ccccc6c6ccccc65)cc4)cc3)cc2)cc1. The number of benzene rings is 16. The Balaban J connectivity index is 0.000000130. The zero-order chi connectivity index (χ0) is 67.7. The van der Waals surface area contributed by atoms with Gasteiger partial charge >= 0.3 is 0 Å². The molecule has 0 aliphatic heterocycles. The molecule has 18 aromatic rings. The highest BCUT2D eigenvalue weighted by atomic mass is 79.9. The molecule has 0 bridgehead atoms. The summed E-state index contributed by atoms with van der Waals surface area (Å²) in [7, 11) is 0. The van der Waals surface area contributed by atoms with Gasteiger partial charge in [-0.25, -0.2) is 0 Å². The molecule has 480 valence electrons. The van der Waals surface area contributed by atoms with Crippen LogP contribution in [0.5, 0.6) is 0 Å². The van der Waals surface area contributed by atoms with Gasteiger partial charge in [0.15, 0.2) is 0 Å². The predicted molar refractivity (Wildman–Crippen MR) is 432 cm³/mol. The fourth-order valence-corrected chi connectivity index (χ4v) is 14.2. The van der Waals surface area contributed by atoms with Crippen molar-refractivity contribution in [1.82, 2.24) is 9.13 Å². The lowest BCUT2D eigenvalue weighted by Crippen LogP contribution is -2.09. The van der Waals surface area contributed by atoms with Crippen LogP contribution in [0.1, 0.15) is 11.1 Å². The van der Waals surface area contributed by atoms with Crippen molar-refractivity contribution in [3.63, 3.8) is 0 Å². The highest BCUT2D eigenvalue weighted by Gasteiger charge is 2.17. The fourth-order valence-electron chi connectivity index (χ4n) is 13.9. The minimum absolute atomic E-state index is 0.962. The molecule has 4 heteroatoms. The molecule has 0 radical (unpaired) electrons. The minimum Gasteiger partial charge on any atom is -0.311 e. The maximum atomic E-state index is 3.50. The van der Waals surface area contributed by atoms with Crippen LogP contribution < -0.4 is 4.90 Å². The first-order chi connectivity index (χ1) is 50.0. The average Bonchev–Trinajstić information content (AvgIpc) is 1.59. The molecule has 0 fully saturated rings. The zero-order valence-corrected chi connectivity index (χ0v) is 57.3. The van der Waals surface area contributed by atoms with Crippen LogP contribution in [0.3, 0.4) is 0 Å². The van der Waals surface area contributed by atoms with Gasteiger partial charge in [-0.3, -0.25) is 0 Å². The Morgan fingerprint density at radius 2 is 0.386 bits per heavy atom. The van der Waals surface area contributed by atoms with E-state index in [1.807, 2.05) is 0 Å². The highest BCUT2D eigenvalue weighted by molar-refractivity contribution is 9.10. The normalized spacial score (nSPS) is 11.1. The number of para-hydroxylation sites is 4. The lowest BCUT2D eigenvalue weighted by molar-refractivity contribution is 1.18. The van der Waals surface area contributed by atoms with E-state index < -0.39 is 0 Å². The van der Waals surface area contributed by atoms with Crippen LogP contribution in [0.25, 0.3) is 122 Å². The van der Waals surface area contributed by atoms with Crippen LogP contribution in [0, 0.1) is 0 Å². The molecule has 0 unspecified atom stereocenters. The standard InChI is InChI=1S/C48H34N2.C25H20.C24H16BrN/c1-3-11-35(12-4-1)37-19-27-41(28-20-37)49(42-29-21-38(22-30-42)36-13-5-2-6-14-36)43-31-23-39(24-32-43)40-25-33-44(34-26-40)50-47-17-9-7-15-45(47)46-16-8-10-18-48(46)50;1-3-7-22(8-4-1)24-15-11-20(12-16-24)19-21-13-17-25(18-14-21)23-9-5-2-6-10-23;25-19-13-9-17(10-14-19)18-11-15-20(16-12-18)26-23-7-3-1-5-21(23)22-6-2-4-8-24(22)26/h1-34H;1-18H,19H2;1-16H. The lowest BCUT2D eigenvalue weighted by atomic mass is 9.98. The van der Waals surface area contributed by atoms with Gasteiger partial charge in [-0.05, 0) is 181 Å². The molecule has 0 N–H and O–H groups in total. The molecular weight excluding hydrogens is 1290 g/mol. The molecule has 0 saturated carbocycles. The Morgan fingerprint density at radius 1 is 0.188 bits per heavy atom. The maximum Gasteiger partial charge on any atom is 0.0541 e. The molecule has 3 nitrogen and oxygen atoms in total. The third-order valence-electron chi connectivity index (χ3n) is 19.0. The third kappa shape index (κ3) is 13.7. The van der Waals surface area contributed by atoms with Crippen LogP contribution in [0.4, 0.5) is 17.1 Å². The number of hydrogen-bond donors (Lipinski definition) is 0. The Labute approximate surface area is 599 Å². The number of rotatable bonds is 13. The monoisotopic (exact) mass is 1360 g/mol. The first kappa shape index (κ1) is 63.2. The highest BCUT2D eigenvalue weighted by Crippen LogP contribution is 2.40. The Bertz CT molecular complexity index is 5490. The molecular formula is C97H70BrN3. The van der Waals surface area contributed by atoms with Gasteiger partial charge < -0.3 is 14.0 Å². The van der Waals surface area contributed by atoms with E-state index in [2.05, 4.69) is 442 Å². The van der Waals surface area contributed by atoms with Crippen LogP contribution in [-0.4, -0.2) is 9.13 Å². The molecule has 16 aromatic carbocycles. The van der Waals surface area contributed by atoms with E-state index in [0.29, 0.717) is 0 Å². The van der Waals surface area contributed by atoms with Crippen molar-refractivity contribution in [1.29, 1.82) is 0 Å². The Hall–Kier alpha value is -12.6. The summed E-state index contributed by atoms with van der Waals surface area (Å²) >= 11 is 3.50. The first-order valence-electron chi connectivity index (χ1n) is 34.4. The molecule has 101 heavy (non-hydrogen) atoms. The predicted octanol–water partition coefficient (Wildman–Crippen LogP) is 27.1. The molecule has 0 saturated heterocycles. The van der Waals surface area contributed by atoms with Gasteiger partial charge in [0.25, 0.3) is 0 Å². The number of aromatic nitrogens is 2. The second-order valence-corrected chi connectivity index (χ2v) is 26.3. The van der Waals surface area contributed by atoms with Crippen molar-refractivity contribution < 1.29 is 0 Å². The van der Waals surface area contributed by atoms with E-state index in [1.54, 1.807) is 0 Å². The summed E-state index contributed by atoms with van der Waals surface area (Å²) in [6, 6.07) is 147. The number of anilines is 3. The summed E-state index contributed by atoms with van der Waals surface area (Å²) in [5, 5.41) is 5.13. The quantitative estimate of drug-likeness (QED) is 0.112. The van der Waals surface area contributed by atoms with Crippen LogP contribution in [0.15, 0.2) is 417 Å². The molecule has 0 aliphatic carbocycles. The molecule has 0 aliphatic rings.